The molecule has 0 saturated carbocycles. The first-order valence-corrected chi connectivity index (χ1v) is 6.53. The van der Waals surface area contributed by atoms with Gasteiger partial charge < -0.3 is 0 Å². The minimum atomic E-state index is -4.67. The van der Waals surface area contributed by atoms with Crippen molar-refractivity contribution in [1.29, 1.82) is 0 Å². The van der Waals surface area contributed by atoms with Gasteiger partial charge in [-0.3, -0.25) is 9.59 Å². The summed E-state index contributed by atoms with van der Waals surface area (Å²) in [7, 11) is 0. The van der Waals surface area contributed by atoms with Gasteiger partial charge in [0.25, 0.3) is 11.8 Å². The van der Waals surface area contributed by atoms with Crippen LogP contribution in [0.2, 0.25) is 5.02 Å². The predicted molar refractivity (Wildman–Crippen MR) is 74.0 cm³/mol. The molecule has 0 unspecified atom stereocenters. The third kappa shape index (κ3) is 2.07. The molecule has 3 rings (SSSR count). The quantitative estimate of drug-likeness (QED) is 0.738. The van der Waals surface area contributed by atoms with Crippen molar-refractivity contribution in [2.24, 2.45) is 0 Å². The van der Waals surface area contributed by atoms with Crippen molar-refractivity contribution in [2.75, 3.05) is 4.90 Å². The lowest BCUT2D eigenvalue weighted by atomic mass is 10.1. The summed E-state index contributed by atoms with van der Waals surface area (Å²) >= 11 is 5.78. The molecule has 2 aromatic rings. The third-order valence-corrected chi connectivity index (χ3v) is 3.72. The normalized spacial score (nSPS) is 14.5. The van der Waals surface area contributed by atoms with Gasteiger partial charge >= 0.3 is 6.18 Å². The van der Waals surface area contributed by atoms with Crippen LogP contribution in [-0.2, 0) is 6.18 Å². The van der Waals surface area contributed by atoms with Crippen LogP contribution in [0, 0.1) is 0 Å². The maximum atomic E-state index is 12.9. The van der Waals surface area contributed by atoms with Gasteiger partial charge in [-0.15, -0.1) is 0 Å². The highest BCUT2D eigenvalue weighted by molar-refractivity contribution is 6.40. The summed E-state index contributed by atoms with van der Waals surface area (Å²) in [5.74, 6) is -1.39. The fraction of sp³-hybridized carbons (Fsp3) is 0.0667. The fourth-order valence-corrected chi connectivity index (χ4v) is 2.64. The molecule has 2 amide bonds. The minimum Gasteiger partial charge on any atom is -0.268 e. The van der Waals surface area contributed by atoms with Crippen LogP contribution in [0.1, 0.15) is 26.3 Å². The van der Waals surface area contributed by atoms with Crippen molar-refractivity contribution in [3.63, 3.8) is 0 Å². The maximum Gasteiger partial charge on any atom is 0.417 e. The van der Waals surface area contributed by atoms with Gasteiger partial charge in [-0.05, 0) is 24.3 Å². The number of imide groups is 1. The van der Waals surface area contributed by atoms with E-state index < -0.39 is 28.6 Å². The van der Waals surface area contributed by atoms with E-state index in [4.69, 9.17) is 11.6 Å². The molecule has 2 aromatic carbocycles. The molecule has 0 fully saturated rings. The fourth-order valence-electron chi connectivity index (χ4n) is 2.32. The lowest BCUT2D eigenvalue weighted by molar-refractivity contribution is -0.137. The Labute approximate surface area is 127 Å². The van der Waals surface area contributed by atoms with Crippen molar-refractivity contribution in [3.05, 3.63) is 64.2 Å². The van der Waals surface area contributed by atoms with E-state index in [1.165, 1.54) is 18.2 Å². The Morgan fingerprint density at radius 3 is 1.91 bits per heavy atom. The summed E-state index contributed by atoms with van der Waals surface area (Å²) in [6.07, 6.45) is -4.67. The van der Waals surface area contributed by atoms with Gasteiger partial charge in [-0.25, -0.2) is 4.90 Å². The second kappa shape index (κ2) is 4.84. The Morgan fingerprint density at radius 2 is 1.41 bits per heavy atom. The van der Waals surface area contributed by atoms with Gasteiger partial charge in [-0.1, -0.05) is 29.8 Å². The number of benzene rings is 2. The van der Waals surface area contributed by atoms with Gasteiger partial charge in [0.2, 0.25) is 0 Å². The Bertz CT molecular complexity index is 767. The first-order chi connectivity index (χ1) is 10.3. The van der Waals surface area contributed by atoms with Gasteiger partial charge in [0.05, 0.1) is 27.4 Å². The van der Waals surface area contributed by atoms with E-state index in [0.717, 1.165) is 12.1 Å². The number of hydrogen-bond acceptors (Lipinski definition) is 2. The van der Waals surface area contributed by atoms with Crippen molar-refractivity contribution in [1.82, 2.24) is 0 Å². The molecule has 7 heteroatoms. The number of carbonyl (C=O) groups excluding carboxylic acids is 2. The molecule has 112 valence electrons. The summed E-state index contributed by atoms with van der Waals surface area (Å²) < 4.78 is 38.7. The molecule has 0 aromatic heterocycles. The van der Waals surface area contributed by atoms with Gasteiger partial charge in [0.15, 0.2) is 0 Å². The molecule has 3 nitrogen and oxygen atoms in total. The van der Waals surface area contributed by atoms with Gasteiger partial charge in [-0.2, -0.15) is 13.2 Å². The zero-order valence-corrected chi connectivity index (χ0v) is 11.6. The zero-order valence-electron chi connectivity index (χ0n) is 10.8. The van der Waals surface area contributed by atoms with Crippen LogP contribution in [0.3, 0.4) is 0 Å². The van der Waals surface area contributed by atoms with Crippen LogP contribution in [-0.4, -0.2) is 11.8 Å². The van der Waals surface area contributed by atoms with Crippen LogP contribution in [0.4, 0.5) is 18.9 Å². The third-order valence-electron chi connectivity index (χ3n) is 3.32. The molecule has 1 heterocycles. The number of nitrogens with zero attached hydrogens (tertiary/aromatic N) is 1. The van der Waals surface area contributed by atoms with Crippen LogP contribution in [0.5, 0.6) is 0 Å². The number of amides is 2. The Morgan fingerprint density at radius 1 is 0.864 bits per heavy atom. The molecule has 0 bridgehead atoms. The molecule has 0 atom stereocenters. The smallest absolute Gasteiger partial charge is 0.268 e. The zero-order chi connectivity index (χ0) is 16.1. The molecular weight excluding hydrogens is 319 g/mol. The standard InChI is InChI=1S/C15H7ClF3NO2/c16-12-10(15(17,18)19)6-3-7-11(12)20-13(21)8-4-1-2-5-9(8)14(20)22/h1-7H. The van der Waals surface area contributed by atoms with Gasteiger partial charge in [0.1, 0.15) is 0 Å². The SMILES string of the molecule is O=C1c2ccccc2C(=O)N1c1cccc(C(F)(F)F)c1Cl. The van der Waals surface area contributed by atoms with Crippen LogP contribution < -0.4 is 4.90 Å². The molecule has 0 radical (unpaired) electrons. The number of halogens is 4. The summed E-state index contributed by atoms with van der Waals surface area (Å²) in [4.78, 5) is 25.2. The first kappa shape index (κ1) is 14.6. The summed E-state index contributed by atoms with van der Waals surface area (Å²) in [6, 6.07) is 9.13. The lowest BCUT2D eigenvalue weighted by Gasteiger charge is -2.18. The number of hydrogen-bond donors (Lipinski definition) is 0. The largest absolute Gasteiger partial charge is 0.417 e. The van der Waals surface area contributed by atoms with E-state index in [1.54, 1.807) is 12.1 Å². The molecule has 1 aliphatic rings. The minimum absolute atomic E-state index is 0.140. The van der Waals surface area contributed by atoms with E-state index >= 15 is 0 Å². The summed E-state index contributed by atoms with van der Waals surface area (Å²) in [6.45, 7) is 0. The first-order valence-electron chi connectivity index (χ1n) is 6.16. The molecule has 0 saturated heterocycles. The highest BCUT2D eigenvalue weighted by atomic mass is 35.5. The topological polar surface area (TPSA) is 37.4 Å². The second-order valence-corrected chi connectivity index (χ2v) is 5.01. The second-order valence-electron chi connectivity index (χ2n) is 4.63. The van der Waals surface area contributed by atoms with E-state index in [2.05, 4.69) is 0 Å². The highest BCUT2D eigenvalue weighted by Gasteiger charge is 2.40. The van der Waals surface area contributed by atoms with Crippen molar-refractivity contribution in [2.45, 2.75) is 6.18 Å². The molecule has 0 spiro atoms. The number of fused-ring (bicyclic) bond motifs is 1. The molecule has 1 aliphatic heterocycles. The lowest BCUT2D eigenvalue weighted by Crippen LogP contribution is -2.30. The van der Waals surface area contributed by atoms with Crippen molar-refractivity contribution in [3.8, 4) is 0 Å². The van der Waals surface area contributed by atoms with Crippen molar-refractivity contribution >= 4 is 29.1 Å². The Hall–Kier alpha value is -2.34. The monoisotopic (exact) mass is 325 g/mol. The molecule has 0 aliphatic carbocycles. The average molecular weight is 326 g/mol. The number of rotatable bonds is 1. The van der Waals surface area contributed by atoms with Gasteiger partial charge in [0, 0.05) is 0 Å². The van der Waals surface area contributed by atoms with Crippen molar-refractivity contribution < 1.29 is 22.8 Å². The number of alkyl halides is 3. The molecule has 0 N–H and O–H groups in total. The number of carbonyl (C=O) groups is 2. The van der Waals surface area contributed by atoms with E-state index in [9.17, 15) is 22.8 Å². The Balaban J connectivity index is 2.15. The Kier molecular flexibility index (Phi) is 3.21. The van der Waals surface area contributed by atoms with E-state index in [1.807, 2.05) is 0 Å². The van der Waals surface area contributed by atoms with E-state index in [-0.39, 0.29) is 16.8 Å². The van der Waals surface area contributed by atoms with E-state index in [0.29, 0.717) is 4.90 Å². The van der Waals surface area contributed by atoms with Crippen LogP contribution in [0.25, 0.3) is 0 Å². The van der Waals surface area contributed by atoms with Crippen LogP contribution >= 0.6 is 11.6 Å². The predicted octanol–water partition coefficient (Wildman–Crippen LogP) is 4.16. The summed E-state index contributed by atoms with van der Waals surface area (Å²) in [5.41, 5.74) is -1.09. The summed E-state index contributed by atoms with van der Waals surface area (Å²) in [5, 5.41) is -0.676. The number of anilines is 1. The maximum absolute atomic E-state index is 12.9. The average Bonchev–Trinajstić information content (AvgIpc) is 2.71. The molecular formula is C15H7ClF3NO2. The highest BCUT2D eigenvalue weighted by Crippen LogP contribution is 2.41. The van der Waals surface area contributed by atoms with Crippen LogP contribution in [0.15, 0.2) is 42.5 Å². The molecule has 22 heavy (non-hydrogen) atoms.